The molecule has 0 fully saturated rings. The number of allylic oxidation sites excluding steroid dienone is 8. The van der Waals surface area contributed by atoms with Gasteiger partial charge in [0.1, 0.15) is 0 Å². The Morgan fingerprint density at radius 2 is 0.870 bits per heavy atom. The first-order chi connectivity index (χ1) is 38.1. The quantitative estimate of drug-likeness (QED) is 0.128. The molecule has 368 valence electrons. The van der Waals surface area contributed by atoms with E-state index in [2.05, 4.69) is 311 Å². The van der Waals surface area contributed by atoms with E-state index in [0.717, 1.165) is 63.8 Å². The maximum absolute atomic E-state index is 2.44. The van der Waals surface area contributed by atoms with Crippen LogP contribution in [-0.4, -0.2) is 9.13 Å². The molecule has 0 amide bonds. The second-order valence-electron chi connectivity index (χ2n) is 20.6. The van der Waals surface area contributed by atoms with Crippen LogP contribution in [0.3, 0.4) is 0 Å². The summed E-state index contributed by atoms with van der Waals surface area (Å²) >= 11 is 0. The van der Waals surface area contributed by atoms with E-state index in [1.807, 2.05) is 0 Å². The monoisotopic (exact) mass is 988 g/mol. The number of fused-ring (bicyclic) bond motifs is 6. The first-order valence-electron chi connectivity index (χ1n) is 27.0. The molecule has 4 nitrogen and oxygen atoms in total. The molecule has 77 heavy (non-hydrogen) atoms. The second kappa shape index (κ2) is 19.6. The molecule has 0 radical (unpaired) electrons. The van der Waals surface area contributed by atoms with E-state index in [1.165, 1.54) is 66.0 Å². The highest BCUT2D eigenvalue weighted by Crippen LogP contribution is 2.44. The molecule has 0 saturated heterocycles. The molecular formula is C73H56N4. The Morgan fingerprint density at radius 1 is 0.364 bits per heavy atom. The zero-order valence-corrected chi connectivity index (χ0v) is 43.0. The fraction of sp³-hybridized carbons (Fsp3) is 0.0685. The zero-order chi connectivity index (χ0) is 51.2. The summed E-state index contributed by atoms with van der Waals surface area (Å²) in [4.78, 5) is 4.83. The molecule has 4 heteroatoms. The minimum atomic E-state index is 0.333. The van der Waals surface area contributed by atoms with E-state index in [-0.39, 0.29) is 0 Å². The Kier molecular flexibility index (Phi) is 11.7. The summed E-state index contributed by atoms with van der Waals surface area (Å²) in [7, 11) is 0. The number of aromatic nitrogens is 2. The molecular weight excluding hydrogens is 933 g/mol. The Labute approximate surface area is 450 Å². The maximum atomic E-state index is 2.44. The highest BCUT2D eigenvalue weighted by Gasteiger charge is 2.22. The van der Waals surface area contributed by atoms with Gasteiger partial charge in [-0.05, 0) is 162 Å². The lowest BCUT2D eigenvalue weighted by atomic mass is 9.92. The van der Waals surface area contributed by atoms with Gasteiger partial charge in [0.2, 0.25) is 0 Å². The van der Waals surface area contributed by atoms with E-state index in [9.17, 15) is 0 Å². The van der Waals surface area contributed by atoms with Crippen molar-refractivity contribution in [1.82, 2.24) is 9.13 Å². The average Bonchev–Trinajstić information content (AvgIpc) is 4.05. The summed E-state index contributed by atoms with van der Waals surface area (Å²) in [5.74, 6) is 0.823. The number of nitrogens with zero attached hydrogens (tertiary/aromatic N) is 4. The summed E-state index contributed by atoms with van der Waals surface area (Å²) in [5.41, 5.74) is 19.8. The molecule has 2 aromatic heterocycles. The summed E-state index contributed by atoms with van der Waals surface area (Å²) in [6.45, 7) is 2.30. The molecule has 2 unspecified atom stereocenters. The molecule has 0 N–H and O–H groups in total. The topological polar surface area (TPSA) is 16.3 Å². The molecule has 2 heterocycles. The van der Waals surface area contributed by atoms with Crippen LogP contribution in [0.1, 0.15) is 31.2 Å². The van der Waals surface area contributed by atoms with Crippen molar-refractivity contribution in [1.29, 1.82) is 0 Å². The van der Waals surface area contributed by atoms with Crippen LogP contribution in [0.25, 0.3) is 77.2 Å². The molecule has 2 aliphatic rings. The summed E-state index contributed by atoms with van der Waals surface area (Å²) < 4.78 is 4.82. The lowest BCUT2D eigenvalue weighted by molar-refractivity contribution is 0.735. The number of benzene rings is 10. The Morgan fingerprint density at radius 3 is 1.49 bits per heavy atom. The standard InChI is InChI=1S/C73H56N4/c1-51-18-15-27-61(46-51)77-71-33-14-12-31-67(71)69-50-65(43-45-73(69)77)75(63-29-17-24-57(48-63)53-21-7-3-8-22-53)60-40-36-55(37-41-60)54-34-38-59(39-35-54)74(62-28-16-23-56(47-62)52-19-5-2-6-20-52)64-42-44-72-68(49-64)66-30-11-13-32-70(66)76(72)58-25-9-4-10-26-58/h2-17,19-21,23-51,53H,18,22H2,1H3. The lowest BCUT2D eigenvalue weighted by Crippen LogP contribution is -2.11. The Balaban J connectivity index is 0.852. The fourth-order valence-electron chi connectivity index (χ4n) is 12.0. The lowest BCUT2D eigenvalue weighted by Gasteiger charge is -2.27. The molecule has 0 spiro atoms. The third-order valence-corrected chi connectivity index (χ3v) is 15.7. The molecule has 2 atom stereocenters. The number of hydrogen-bond acceptors (Lipinski definition) is 2. The first kappa shape index (κ1) is 45.9. The largest absolute Gasteiger partial charge is 0.310 e. The van der Waals surface area contributed by atoms with Crippen molar-refractivity contribution in [2.24, 2.45) is 5.92 Å². The van der Waals surface area contributed by atoms with Crippen LogP contribution in [0.2, 0.25) is 0 Å². The van der Waals surface area contributed by atoms with Crippen molar-refractivity contribution < 1.29 is 0 Å². The minimum Gasteiger partial charge on any atom is -0.310 e. The molecule has 0 aliphatic heterocycles. The highest BCUT2D eigenvalue weighted by molar-refractivity contribution is 6.12. The third kappa shape index (κ3) is 8.45. The molecule has 2 aliphatic carbocycles. The summed E-state index contributed by atoms with van der Waals surface area (Å²) in [6.07, 6.45) is 18.0. The van der Waals surface area contributed by atoms with E-state index < -0.39 is 0 Å². The molecule has 0 bridgehead atoms. The van der Waals surface area contributed by atoms with Gasteiger partial charge < -0.3 is 18.9 Å². The van der Waals surface area contributed by atoms with Crippen molar-refractivity contribution in [2.45, 2.75) is 25.7 Å². The predicted octanol–water partition coefficient (Wildman–Crippen LogP) is 20.2. The third-order valence-electron chi connectivity index (χ3n) is 15.7. The maximum Gasteiger partial charge on any atom is 0.0542 e. The van der Waals surface area contributed by atoms with E-state index in [0.29, 0.717) is 11.8 Å². The van der Waals surface area contributed by atoms with Gasteiger partial charge in [-0.1, -0.05) is 177 Å². The number of hydrogen-bond donors (Lipinski definition) is 0. The first-order valence-corrected chi connectivity index (χ1v) is 27.0. The van der Waals surface area contributed by atoms with Gasteiger partial charge in [-0.2, -0.15) is 0 Å². The highest BCUT2D eigenvalue weighted by atomic mass is 15.1. The zero-order valence-electron chi connectivity index (χ0n) is 43.0. The van der Waals surface area contributed by atoms with Gasteiger partial charge in [0.15, 0.2) is 0 Å². The molecule has 10 aromatic carbocycles. The van der Waals surface area contributed by atoms with Gasteiger partial charge in [0, 0.05) is 73.0 Å². The van der Waals surface area contributed by atoms with Crippen molar-refractivity contribution >= 4 is 83.4 Å². The van der Waals surface area contributed by atoms with E-state index in [1.54, 1.807) is 0 Å². The van der Waals surface area contributed by atoms with Crippen LogP contribution >= 0.6 is 0 Å². The van der Waals surface area contributed by atoms with Crippen molar-refractivity contribution in [3.63, 3.8) is 0 Å². The minimum absolute atomic E-state index is 0.333. The molecule has 14 rings (SSSR count). The second-order valence-corrected chi connectivity index (χ2v) is 20.6. The van der Waals surface area contributed by atoms with Crippen LogP contribution in [0, 0.1) is 5.92 Å². The van der Waals surface area contributed by atoms with Gasteiger partial charge >= 0.3 is 0 Å². The van der Waals surface area contributed by atoms with Crippen LogP contribution in [-0.2, 0) is 0 Å². The molecule has 12 aromatic rings. The van der Waals surface area contributed by atoms with Gasteiger partial charge in [-0.25, -0.2) is 0 Å². The van der Waals surface area contributed by atoms with Gasteiger partial charge in [0.05, 0.1) is 22.1 Å². The van der Waals surface area contributed by atoms with Gasteiger partial charge in [0.25, 0.3) is 0 Å². The Hall–Kier alpha value is -9.64. The van der Waals surface area contributed by atoms with Gasteiger partial charge in [-0.3, -0.25) is 0 Å². The number of para-hydroxylation sites is 3. The SMILES string of the molecule is CC1C=C(n2c3ccccc3c3cc(N(c4ccc(-c5ccc(N(c6cccc(-c7ccccc7)c6)c6ccc7c(c6)c6ccccc6n7-c6ccccc6)cc5)cc4)c4cccc(C5C=CC=CC5)c4)ccc32)C=CC1. The summed E-state index contributed by atoms with van der Waals surface area (Å²) in [6, 6.07) is 89.2. The predicted molar refractivity (Wildman–Crippen MR) is 327 cm³/mol. The number of rotatable bonds is 11. The van der Waals surface area contributed by atoms with Gasteiger partial charge in [-0.15, -0.1) is 0 Å². The Bertz CT molecular complexity index is 4280. The fourth-order valence-corrected chi connectivity index (χ4v) is 12.0. The molecule has 0 saturated carbocycles. The van der Waals surface area contributed by atoms with Crippen LogP contribution in [0.4, 0.5) is 34.1 Å². The average molecular weight is 989 g/mol. The van der Waals surface area contributed by atoms with Crippen LogP contribution < -0.4 is 9.80 Å². The van der Waals surface area contributed by atoms with E-state index >= 15 is 0 Å². The number of anilines is 6. The van der Waals surface area contributed by atoms with Crippen molar-refractivity contribution in [2.75, 3.05) is 9.80 Å². The summed E-state index contributed by atoms with van der Waals surface area (Å²) in [5, 5.41) is 4.93. The normalized spacial score (nSPS) is 15.2. The van der Waals surface area contributed by atoms with Crippen LogP contribution in [0.15, 0.2) is 285 Å². The van der Waals surface area contributed by atoms with Crippen molar-refractivity contribution in [3.8, 4) is 27.9 Å². The van der Waals surface area contributed by atoms with Crippen LogP contribution in [0.5, 0.6) is 0 Å². The van der Waals surface area contributed by atoms with E-state index in [4.69, 9.17) is 0 Å². The van der Waals surface area contributed by atoms with Crippen molar-refractivity contribution in [3.05, 3.63) is 291 Å². The smallest absolute Gasteiger partial charge is 0.0542 e.